The van der Waals surface area contributed by atoms with Gasteiger partial charge in [-0.05, 0) is 33.1 Å². The molecule has 2 aliphatic heterocycles. The van der Waals surface area contributed by atoms with Gasteiger partial charge in [-0.15, -0.1) is 0 Å². The smallest absolute Gasteiger partial charge is 0.226 e. The molecule has 2 unspecified atom stereocenters. The number of aromatic nitrogens is 2. The quantitative estimate of drug-likeness (QED) is 0.844. The first-order chi connectivity index (χ1) is 9.67. The van der Waals surface area contributed by atoms with Gasteiger partial charge < -0.3 is 4.52 Å². The van der Waals surface area contributed by atoms with Crippen molar-refractivity contribution in [2.75, 3.05) is 13.1 Å². The van der Waals surface area contributed by atoms with Crippen molar-refractivity contribution in [1.82, 2.24) is 19.9 Å². The molecule has 0 aliphatic carbocycles. The van der Waals surface area contributed by atoms with Crippen LogP contribution in [0.15, 0.2) is 4.52 Å². The Labute approximate surface area is 121 Å². The first-order valence-electron chi connectivity index (χ1n) is 7.98. The molecule has 3 heterocycles. The lowest BCUT2D eigenvalue weighted by Gasteiger charge is -2.32. The lowest BCUT2D eigenvalue weighted by atomic mass is 10.1. The molecular formula is C15H26N4O. The van der Waals surface area contributed by atoms with Gasteiger partial charge >= 0.3 is 0 Å². The zero-order valence-electron chi connectivity index (χ0n) is 12.9. The molecule has 0 spiro atoms. The maximum atomic E-state index is 5.21. The molecule has 0 amide bonds. The van der Waals surface area contributed by atoms with E-state index in [1.807, 2.05) is 6.92 Å². The zero-order chi connectivity index (χ0) is 14.1. The van der Waals surface area contributed by atoms with Crippen molar-refractivity contribution in [2.24, 2.45) is 0 Å². The van der Waals surface area contributed by atoms with Gasteiger partial charge in [0, 0.05) is 37.6 Å². The van der Waals surface area contributed by atoms with Crippen LogP contribution in [-0.4, -0.2) is 51.2 Å². The van der Waals surface area contributed by atoms with Gasteiger partial charge in [-0.25, -0.2) is 0 Å². The molecule has 5 nitrogen and oxygen atoms in total. The minimum Gasteiger partial charge on any atom is -0.339 e. The van der Waals surface area contributed by atoms with Crippen LogP contribution in [0.1, 0.15) is 51.7 Å². The Kier molecular flexibility index (Phi) is 4.08. The molecule has 0 radical (unpaired) electrons. The van der Waals surface area contributed by atoms with E-state index in [4.69, 9.17) is 4.52 Å². The summed E-state index contributed by atoms with van der Waals surface area (Å²) >= 11 is 0. The van der Waals surface area contributed by atoms with Gasteiger partial charge in [-0.2, -0.15) is 4.98 Å². The fourth-order valence-corrected chi connectivity index (χ4v) is 3.87. The maximum Gasteiger partial charge on any atom is 0.226 e. The third-order valence-electron chi connectivity index (χ3n) is 4.70. The summed E-state index contributed by atoms with van der Waals surface area (Å²) in [5.74, 6) is 1.59. The Morgan fingerprint density at radius 1 is 1.25 bits per heavy atom. The molecule has 0 saturated carbocycles. The van der Waals surface area contributed by atoms with Crippen LogP contribution in [0.5, 0.6) is 0 Å². The largest absolute Gasteiger partial charge is 0.339 e. The Balaban J connectivity index is 1.65. The summed E-state index contributed by atoms with van der Waals surface area (Å²) in [4.78, 5) is 9.67. The molecule has 2 saturated heterocycles. The van der Waals surface area contributed by atoms with Crippen LogP contribution in [0, 0.1) is 0 Å². The van der Waals surface area contributed by atoms with Crippen molar-refractivity contribution in [3.8, 4) is 0 Å². The van der Waals surface area contributed by atoms with Gasteiger partial charge in [0.1, 0.15) is 0 Å². The van der Waals surface area contributed by atoms with E-state index >= 15 is 0 Å². The van der Waals surface area contributed by atoms with Crippen molar-refractivity contribution in [2.45, 2.75) is 71.1 Å². The van der Waals surface area contributed by atoms with Crippen LogP contribution in [-0.2, 0) is 13.0 Å². The minimum atomic E-state index is 0.657. The number of aryl methyl sites for hydroxylation is 1. The predicted molar refractivity (Wildman–Crippen MR) is 77.4 cm³/mol. The molecule has 1 aromatic heterocycles. The second-order valence-corrected chi connectivity index (χ2v) is 6.41. The van der Waals surface area contributed by atoms with E-state index in [1.165, 1.54) is 19.3 Å². The summed E-state index contributed by atoms with van der Waals surface area (Å²) in [7, 11) is 0. The number of hydrogen-bond donors (Lipinski definition) is 0. The van der Waals surface area contributed by atoms with E-state index in [-0.39, 0.29) is 0 Å². The topological polar surface area (TPSA) is 45.4 Å². The maximum absolute atomic E-state index is 5.21. The highest BCUT2D eigenvalue weighted by atomic mass is 16.5. The lowest BCUT2D eigenvalue weighted by molar-refractivity contribution is 0.144. The summed E-state index contributed by atoms with van der Waals surface area (Å²) in [6.07, 6.45) is 4.80. The molecule has 5 heteroatoms. The van der Waals surface area contributed by atoms with E-state index in [0.29, 0.717) is 12.1 Å². The number of nitrogens with zero attached hydrogens (tertiary/aromatic N) is 4. The van der Waals surface area contributed by atoms with Crippen molar-refractivity contribution in [3.05, 3.63) is 11.7 Å². The molecule has 2 atom stereocenters. The average molecular weight is 278 g/mol. The van der Waals surface area contributed by atoms with Crippen LogP contribution < -0.4 is 0 Å². The second kappa shape index (κ2) is 5.82. The molecule has 3 rings (SSSR count). The molecule has 2 aliphatic rings. The fraction of sp³-hybridized carbons (Fsp3) is 0.867. The van der Waals surface area contributed by atoms with Crippen LogP contribution in [0.25, 0.3) is 0 Å². The molecule has 1 aromatic rings. The highest BCUT2D eigenvalue weighted by Crippen LogP contribution is 2.32. The predicted octanol–water partition coefficient (Wildman–Crippen LogP) is 2.08. The van der Waals surface area contributed by atoms with E-state index in [2.05, 4.69) is 33.8 Å². The molecule has 0 N–H and O–H groups in total. The average Bonchev–Trinajstić information content (AvgIpc) is 2.96. The Morgan fingerprint density at radius 2 is 2.05 bits per heavy atom. The zero-order valence-corrected chi connectivity index (χ0v) is 12.9. The van der Waals surface area contributed by atoms with Crippen molar-refractivity contribution < 1.29 is 4.52 Å². The fourth-order valence-electron chi connectivity index (χ4n) is 3.87. The highest BCUT2D eigenvalue weighted by Gasteiger charge is 2.38. The molecule has 20 heavy (non-hydrogen) atoms. The van der Waals surface area contributed by atoms with E-state index < -0.39 is 0 Å². The van der Waals surface area contributed by atoms with Gasteiger partial charge in [-0.1, -0.05) is 12.1 Å². The summed E-state index contributed by atoms with van der Waals surface area (Å²) < 4.78 is 5.21. The van der Waals surface area contributed by atoms with Crippen molar-refractivity contribution in [3.63, 3.8) is 0 Å². The van der Waals surface area contributed by atoms with Crippen LogP contribution in [0.4, 0.5) is 0 Å². The highest BCUT2D eigenvalue weighted by molar-refractivity contribution is 4.95. The lowest BCUT2D eigenvalue weighted by Crippen LogP contribution is -2.43. The Morgan fingerprint density at radius 3 is 2.75 bits per heavy atom. The molecule has 0 aromatic carbocycles. The first-order valence-corrected chi connectivity index (χ1v) is 7.98. The number of fused-ring (bicyclic) bond motifs is 2. The van der Waals surface area contributed by atoms with E-state index in [9.17, 15) is 0 Å². The van der Waals surface area contributed by atoms with Crippen molar-refractivity contribution >= 4 is 0 Å². The summed E-state index contributed by atoms with van der Waals surface area (Å²) in [6, 6.07) is 2.14. The third-order valence-corrected chi connectivity index (χ3v) is 4.70. The van der Waals surface area contributed by atoms with Gasteiger partial charge in [0.15, 0.2) is 5.82 Å². The van der Waals surface area contributed by atoms with E-state index in [1.54, 1.807) is 0 Å². The summed E-state index contributed by atoms with van der Waals surface area (Å²) in [5, 5.41) is 4.09. The number of hydrogen-bond acceptors (Lipinski definition) is 5. The number of likely N-dealkylation sites (tertiary alicyclic amines) is 1. The second-order valence-electron chi connectivity index (χ2n) is 6.41. The van der Waals surface area contributed by atoms with Crippen molar-refractivity contribution in [1.29, 1.82) is 0 Å². The molecular weight excluding hydrogens is 252 g/mol. The standard InChI is InChI=1S/C15H26N4O/c1-4-15-16-14(17-20-15)10-18-8-7-12-5-6-13(9-18)19(12)11(2)3/h11-13H,4-10H2,1-3H3. The van der Waals surface area contributed by atoms with Crippen LogP contribution in [0.3, 0.4) is 0 Å². The Hall–Kier alpha value is -0.940. The van der Waals surface area contributed by atoms with E-state index in [0.717, 1.165) is 43.8 Å². The monoisotopic (exact) mass is 278 g/mol. The molecule has 112 valence electrons. The third kappa shape index (κ3) is 2.74. The van der Waals surface area contributed by atoms with Gasteiger partial charge in [0.05, 0.1) is 6.54 Å². The van der Waals surface area contributed by atoms with Gasteiger partial charge in [0.2, 0.25) is 5.89 Å². The SMILES string of the molecule is CCc1nc(CN2CCC3CCC(C2)N3C(C)C)no1. The number of rotatable bonds is 4. The van der Waals surface area contributed by atoms with Gasteiger partial charge in [-0.3, -0.25) is 9.80 Å². The molecule has 2 bridgehead atoms. The normalized spacial score (nSPS) is 28.2. The van der Waals surface area contributed by atoms with Gasteiger partial charge in [0.25, 0.3) is 0 Å². The Bertz CT molecular complexity index is 445. The minimum absolute atomic E-state index is 0.657. The summed E-state index contributed by atoms with van der Waals surface area (Å²) in [5.41, 5.74) is 0. The molecule has 2 fully saturated rings. The summed E-state index contributed by atoms with van der Waals surface area (Å²) in [6.45, 7) is 9.83. The first kappa shape index (κ1) is 14.0. The van der Waals surface area contributed by atoms with Crippen LogP contribution >= 0.6 is 0 Å². The van der Waals surface area contributed by atoms with Crippen LogP contribution in [0.2, 0.25) is 0 Å².